The molecule has 0 spiro atoms. The number of fused-ring (bicyclic) bond motifs is 2. The van der Waals surface area contributed by atoms with E-state index in [2.05, 4.69) is 35.9 Å². The molecule has 1 aliphatic rings. The third-order valence-corrected chi connectivity index (χ3v) is 10.8. The molecule has 0 radical (unpaired) electrons. The van der Waals surface area contributed by atoms with Crippen molar-refractivity contribution in [3.63, 3.8) is 0 Å². The lowest BCUT2D eigenvalue weighted by Gasteiger charge is -2.33. The summed E-state index contributed by atoms with van der Waals surface area (Å²) in [5.74, 6) is -1.24. The van der Waals surface area contributed by atoms with Crippen LogP contribution in [0.1, 0.15) is 26.3 Å². The summed E-state index contributed by atoms with van der Waals surface area (Å²) in [4.78, 5) is 70.1. The summed E-state index contributed by atoms with van der Waals surface area (Å²) < 4.78 is 39.9. The lowest BCUT2D eigenvalue weighted by atomic mass is 10.2. The highest BCUT2D eigenvalue weighted by Crippen LogP contribution is 2.28. The molecular weight excluding hydrogens is 729 g/mol. The Balaban J connectivity index is 1.15. The van der Waals surface area contributed by atoms with Crippen LogP contribution < -0.4 is 16.0 Å². The van der Waals surface area contributed by atoms with Crippen LogP contribution in [0.2, 0.25) is 0 Å². The number of alkyl carbamates (subject to hydrolysis) is 1. The highest BCUT2D eigenvalue weighted by molar-refractivity contribution is 7.91. The van der Waals surface area contributed by atoms with E-state index in [4.69, 9.17) is 9.47 Å². The molecular formula is C33H36N10O8S2. The van der Waals surface area contributed by atoms with Crippen LogP contribution in [-0.2, 0) is 42.2 Å². The van der Waals surface area contributed by atoms with Gasteiger partial charge in [0.1, 0.15) is 25.3 Å². The molecule has 6 rings (SSSR count). The van der Waals surface area contributed by atoms with Gasteiger partial charge in [0.25, 0.3) is 15.9 Å². The van der Waals surface area contributed by atoms with E-state index in [0.29, 0.717) is 10.2 Å². The van der Waals surface area contributed by atoms with Crippen LogP contribution >= 0.6 is 11.3 Å². The van der Waals surface area contributed by atoms with E-state index in [0.717, 1.165) is 21.2 Å². The van der Waals surface area contributed by atoms with Crippen molar-refractivity contribution in [2.75, 3.05) is 43.4 Å². The number of para-hydroxylation sites is 1. The Labute approximate surface area is 307 Å². The second-order valence-corrected chi connectivity index (χ2v) is 15.8. The number of imidazole rings is 1. The maximum atomic E-state index is 13.5. The molecule has 3 N–H and O–H groups in total. The number of amides is 4. The van der Waals surface area contributed by atoms with Crippen LogP contribution in [0, 0.1) is 0 Å². The summed E-state index contributed by atoms with van der Waals surface area (Å²) in [7, 11) is -4.22. The van der Waals surface area contributed by atoms with Crippen LogP contribution in [-0.4, -0.2) is 104 Å². The van der Waals surface area contributed by atoms with Crippen molar-refractivity contribution in [1.82, 2.24) is 39.0 Å². The molecule has 0 atom stereocenters. The topological polar surface area (TPSA) is 220 Å². The number of hydrogen-bond donors (Lipinski definition) is 3. The molecule has 3 aromatic heterocycles. The van der Waals surface area contributed by atoms with E-state index >= 15 is 0 Å². The highest BCUT2D eigenvalue weighted by atomic mass is 32.2. The number of rotatable bonds is 11. The maximum Gasteiger partial charge on any atom is 0.413 e. The molecule has 1 fully saturated rings. The Morgan fingerprint density at radius 2 is 1.70 bits per heavy atom. The first kappa shape index (κ1) is 36.9. The number of ether oxygens (including phenoxy) is 2. The second-order valence-electron chi connectivity index (χ2n) is 12.7. The summed E-state index contributed by atoms with van der Waals surface area (Å²) >= 11 is 0.968. The summed E-state index contributed by atoms with van der Waals surface area (Å²) in [6, 6.07) is 16.0. The zero-order chi connectivity index (χ0) is 37.8. The fourth-order valence-electron chi connectivity index (χ4n) is 5.16. The van der Waals surface area contributed by atoms with E-state index in [1.165, 1.54) is 15.8 Å². The van der Waals surface area contributed by atoms with Gasteiger partial charge in [-0.15, -0.1) is 11.3 Å². The van der Waals surface area contributed by atoms with Crippen molar-refractivity contribution < 1.29 is 37.1 Å². The summed E-state index contributed by atoms with van der Waals surface area (Å²) in [6.07, 6.45) is -0.0834. The molecule has 20 heteroatoms. The van der Waals surface area contributed by atoms with E-state index in [-0.39, 0.29) is 66.6 Å². The van der Waals surface area contributed by atoms with Crippen molar-refractivity contribution in [3.05, 3.63) is 66.5 Å². The number of nitrogens with one attached hydrogen (secondary N) is 3. The maximum absolute atomic E-state index is 13.5. The van der Waals surface area contributed by atoms with Crippen molar-refractivity contribution in [1.29, 1.82) is 0 Å². The van der Waals surface area contributed by atoms with E-state index in [9.17, 15) is 27.6 Å². The molecule has 278 valence electrons. The normalized spacial score (nSPS) is 13.6. The monoisotopic (exact) mass is 764 g/mol. The summed E-state index contributed by atoms with van der Waals surface area (Å²) in [5, 5.41) is 8.17. The number of carbonyl (C=O) groups is 4. The summed E-state index contributed by atoms with van der Waals surface area (Å²) in [5.41, 5.74) is 0.915. The van der Waals surface area contributed by atoms with E-state index in [1.807, 2.05) is 18.2 Å². The average Bonchev–Trinajstić information content (AvgIpc) is 3.74. The predicted molar refractivity (Wildman–Crippen MR) is 193 cm³/mol. The Hall–Kier alpha value is -5.89. The quantitative estimate of drug-likeness (QED) is 0.165. The zero-order valence-electron chi connectivity index (χ0n) is 28.9. The van der Waals surface area contributed by atoms with Crippen molar-refractivity contribution in [2.24, 2.45) is 0 Å². The first-order chi connectivity index (χ1) is 25.3. The number of piperazine rings is 1. The lowest BCUT2D eigenvalue weighted by molar-refractivity contribution is -0.142. The van der Waals surface area contributed by atoms with E-state index < -0.39 is 46.2 Å². The van der Waals surface area contributed by atoms with Crippen LogP contribution in [0.3, 0.4) is 0 Å². The number of carbonyl (C=O) groups excluding carboxylic acids is 4. The second kappa shape index (κ2) is 15.4. The molecule has 4 heterocycles. The van der Waals surface area contributed by atoms with Crippen molar-refractivity contribution in [2.45, 2.75) is 43.9 Å². The number of nitrogens with zero attached hydrogens (tertiary/aromatic N) is 7. The number of thiazole rings is 1. The highest BCUT2D eigenvalue weighted by Gasteiger charge is 2.37. The minimum atomic E-state index is -4.22. The van der Waals surface area contributed by atoms with Gasteiger partial charge in [0, 0.05) is 19.6 Å². The van der Waals surface area contributed by atoms with Gasteiger partial charge in [0.15, 0.2) is 17.0 Å². The molecule has 1 saturated heterocycles. The minimum Gasteiger partial charge on any atom is -0.444 e. The van der Waals surface area contributed by atoms with Gasteiger partial charge in [-0.25, -0.2) is 23.9 Å². The Morgan fingerprint density at radius 3 is 2.43 bits per heavy atom. The smallest absolute Gasteiger partial charge is 0.413 e. The molecule has 0 bridgehead atoms. The van der Waals surface area contributed by atoms with Gasteiger partial charge >= 0.3 is 12.2 Å². The third kappa shape index (κ3) is 8.95. The Bertz CT molecular complexity index is 2240. The molecule has 0 saturated carbocycles. The molecule has 18 nitrogen and oxygen atoms in total. The number of anilines is 2. The zero-order valence-corrected chi connectivity index (χ0v) is 30.6. The first-order valence-electron chi connectivity index (χ1n) is 16.4. The molecule has 4 amide bonds. The number of sulfonamides is 1. The fourth-order valence-corrected chi connectivity index (χ4v) is 7.87. The van der Waals surface area contributed by atoms with Gasteiger partial charge in [-0.3, -0.25) is 14.9 Å². The Kier molecular flexibility index (Phi) is 10.7. The first-order valence-corrected chi connectivity index (χ1v) is 18.6. The van der Waals surface area contributed by atoms with Crippen molar-refractivity contribution >= 4 is 78.5 Å². The standard InChI is InChI=1S/C33H36N10O8S2/c1-33(2,3)51-30(46)35-14-13-34-29-38-27(39-31(47)50-19-21-9-5-4-6-10-21)26-28(40-29)42(20-36-26)17-24(44)41-15-16-43(25(45)18-41)53(48,49)32-37-22-11-7-8-12-23(22)52-32/h4-12,20H,13-19H2,1-3H3,(H,35,46)(H2,34,38,39,40,47). The minimum absolute atomic E-state index is 0.000825. The van der Waals surface area contributed by atoms with Crippen molar-refractivity contribution in [3.8, 4) is 0 Å². The van der Waals surface area contributed by atoms with Crippen LogP contribution in [0.5, 0.6) is 0 Å². The van der Waals surface area contributed by atoms with Crippen LogP contribution in [0.15, 0.2) is 65.3 Å². The molecule has 2 aromatic carbocycles. The number of hydrogen-bond acceptors (Lipinski definition) is 14. The van der Waals surface area contributed by atoms with Gasteiger partial charge < -0.3 is 29.6 Å². The summed E-state index contributed by atoms with van der Waals surface area (Å²) in [6.45, 7) is 4.46. The number of benzene rings is 2. The largest absolute Gasteiger partial charge is 0.444 e. The molecule has 5 aromatic rings. The fraction of sp³-hybridized carbons (Fsp3) is 0.333. The van der Waals surface area contributed by atoms with Gasteiger partial charge in [-0.2, -0.15) is 18.4 Å². The molecule has 53 heavy (non-hydrogen) atoms. The van der Waals surface area contributed by atoms with Crippen LogP contribution in [0.4, 0.5) is 21.4 Å². The third-order valence-electron chi connectivity index (χ3n) is 7.59. The molecule has 0 unspecified atom stereocenters. The Morgan fingerprint density at radius 1 is 0.943 bits per heavy atom. The predicted octanol–water partition coefficient (Wildman–Crippen LogP) is 3.18. The average molecular weight is 765 g/mol. The van der Waals surface area contributed by atoms with Crippen LogP contribution in [0.25, 0.3) is 21.4 Å². The van der Waals surface area contributed by atoms with Gasteiger partial charge in [-0.1, -0.05) is 42.5 Å². The molecule has 0 aliphatic carbocycles. The molecule has 1 aliphatic heterocycles. The SMILES string of the molecule is CC(C)(C)OC(=O)NCCNc1nc(NC(=O)OCc2ccccc2)c2ncn(CC(=O)N3CCN(S(=O)(=O)c4nc5ccccc5s4)C(=O)C3)c2n1. The lowest BCUT2D eigenvalue weighted by Crippen LogP contribution is -2.54. The van der Waals surface area contributed by atoms with Gasteiger partial charge in [-0.05, 0) is 38.5 Å². The van der Waals surface area contributed by atoms with Gasteiger partial charge in [0.2, 0.25) is 16.2 Å². The van der Waals surface area contributed by atoms with E-state index in [1.54, 1.807) is 57.2 Å². The number of aromatic nitrogens is 5. The van der Waals surface area contributed by atoms with Gasteiger partial charge in [0.05, 0.1) is 23.1 Å².